The molecule has 1 N–H and O–H groups in total. The molecule has 0 bridgehead atoms. The maximum atomic E-state index is 13.3. The van der Waals surface area contributed by atoms with Gasteiger partial charge in [-0.2, -0.15) is 0 Å². The molecular weight excluding hydrogens is 448 g/mol. The number of morpholine rings is 1. The number of carbonyl (C=O) groups is 4. The summed E-state index contributed by atoms with van der Waals surface area (Å²) in [6.07, 6.45) is 3.23. The summed E-state index contributed by atoms with van der Waals surface area (Å²) in [4.78, 5) is 53.9. The van der Waals surface area contributed by atoms with Crippen LogP contribution in [-0.4, -0.2) is 59.5 Å². The van der Waals surface area contributed by atoms with Crippen LogP contribution in [-0.2, 0) is 25.7 Å². The van der Waals surface area contributed by atoms with Crippen molar-refractivity contribution < 1.29 is 23.9 Å². The van der Waals surface area contributed by atoms with E-state index in [1.807, 2.05) is 35.8 Å². The number of amides is 5. The summed E-state index contributed by atoms with van der Waals surface area (Å²) in [5.41, 5.74) is 2.59. The molecule has 0 unspecified atom stereocenters. The number of carbonyl (C=O) groups excluding carboxylic acids is 4. The van der Waals surface area contributed by atoms with Crippen LogP contribution >= 0.6 is 0 Å². The number of nitrogens with zero attached hydrogens (tertiary/aromatic N) is 3. The zero-order chi connectivity index (χ0) is 24.5. The molecule has 0 spiro atoms. The second-order valence-corrected chi connectivity index (χ2v) is 8.52. The fourth-order valence-electron chi connectivity index (χ4n) is 4.32. The van der Waals surface area contributed by atoms with Gasteiger partial charge in [-0.05, 0) is 31.2 Å². The number of benzene rings is 2. The van der Waals surface area contributed by atoms with E-state index < -0.39 is 17.8 Å². The van der Waals surface area contributed by atoms with Gasteiger partial charge in [0.25, 0.3) is 11.8 Å². The van der Waals surface area contributed by atoms with E-state index in [0.717, 1.165) is 21.4 Å². The van der Waals surface area contributed by atoms with Crippen LogP contribution < -0.4 is 10.2 Å². The summed E-state index contributed by atoms with van der Waals surface area (Å²) in [6.45, 7) is 4.15. The molecule has 0 aliphatic carbocycles. The van der Waals surface area contributed by atoms with Crippen LogP contribution in [0.5, 0.6) is 0 Å². The number of rotatable bonds is 4. The van der Waals surface area contributed by atoms with Gasteiger partial charge >= 0.3 is 6.03 Å². The Labute approximate surface area is 201 Å². The first-order chi connectivity index (χ1) is 16.9. The van der Waals surface area contributed by atoms with E-state index in [1.165, 1.54) is 6.08 Å². The highest BCUT2D eigenvalue weighted by Crippen LogP contribution is 2.27. The number of aromatic nitrogens is 1. The predicted octanol–water partition coefficient (Wildman–Crippen LogP) is 2.47. The second kappa shape index (κ2) is 9.19. The van der Waals surface area contributed by atoms with Crippen molar-refractivity contribution in [3.63, 3.8) is 0 Å². The summed E-state index contributed by atoms with van der Waals surface area (Å²) in [7, 11) is 0. The number of ether oxygens (including phenoxy) is 1. The number of anilines is 1. The van der Waals surface area contributed by atoms with Gasteiger partial charge < -0.3 is 14.2 Å². The molecule has 5 amide bonds. The molecule has 2 aliphatic rings. The van der Waals surface area contributed by atoms with Gasteiger partial charge in [0, 0.05) is 35.8 Å². The summed E-state index contributed by atoms with van der Waals surface area (Å²) in [5, 5.41) is 3.04. The van der Waals surface area contributed by atoms with Gasteiger partial charge in [0.1, 0.15) is 12.1 Å². The normalized spacial score (nSPS) is 17.9. The molecule has 178 valence electrons. The highest BCUT2D eigenvalue weighted by Gasteiger charge is 2.37. The highest BCUT2D eigenvalue weighted by molar-refractivity contribution is 6.39. The molecule has 9 heteroatoms. The molecule has 3 aromatic rings. The fourth-order valence-corrected chi connectivity index (χ4v) is 4.32. The van der Waals surface area contributed by atoms with Crippen LogP contribution in [0, 0.1) is 6.92 Å². The zero-order valence-electron chi connectivity index (χ0n) is 19.2. The van der Waals surface area contributed by atoms with E-state index in [0.29, 0.717) is 37.6 Å². The van der Waals surface area contributed by atoms with Crippen molar-refractivity contribution in [2.45, 2.75) is 13.5 Å². The number of imide groups is 2. The lowest BCUT2D eigenvalue weighted by atomic mass is 10.1. The molecule has 2 aliphatic heterocycles. The largest absolute Gasteiger partial charge is 0.378 e. The molecule has 0 saturated carbocycles. The van der Waals surface area contributed by atoms with Crippen molar-refractivity contribution in [2.75, 3.05) is 31.2 Å². The van der Waals surface area contributed by atoms with E-state index in [-0.39, 0.29) is 18.0 Å². The molecule has 0 atom stereocenters. The molecule has 3 heterocycles. The first kappa shape index (κ1) is 22.5. The number of fused-ring (bicyclic) bond motifs is 1. The third-order valence-electron chi connectivity index (χ3n) is 6.18. The number of hydrogen-bond acceptors (Lipinski definition) is 5. The third-order valence-corrected chi connectivity index (χ3v) is 6.18. The second-order valence-electron chi connectivity index (χ2n) is 8.52. The number of hydrogen-bond donors (Lipinski definition) is 1. The lowest BCUT2D eigenvalue weighted by Gasteiger charge is -2.27. The predicted molar refractivity (Wildman–Crippen MR) is 130 cm³/mol. The van der Waals surface area contributed by atoms with Crippen LogP contribution in [0.15, 0.2) is 60.3 Å². The minimum atomic E-state index is -0.792. The van der Waals surface area contributed by atoms with E-state index in [1.54, 1.807) is 35.4 Å². The van der Waals surface area contributed by atoms with Crippen LogP contribution in [0.2, 0.25) is 0 Å². The quantitative estimate of drug-likeness (QED) is 0.465. The summed E-state index contributed by atoms with van der Waals surface area (Å²) < 4.78 is 7.14. The van der Waals surface area contributed by atoms with Crippen molar-refractivity contribution in [2.24, 2.45) is 0 Å². The van der Waals surface area contributed by atoms with Crippen LogP contribution in [0.25, 0.3) is 17.0 Å². The van der Waals surface area contributed by atoms with Crippen molar-refractivity contribution in [1.29, 1.82) is 0 Å². The molecule has 35 heavy (non-hydrogen) atoms. The Bertz CT molecular complexity index is 1370. The van der Waals surface area contributed by atoms with E-state index >= 15 is 0 Å². The van der Waals surface area contributed by atoms with E-state index in [4.69, 9.17) is 4.74 Å². The minimum absolute atomic E-state index is 0.0316. The van der Waals surface area contributed by atoms with Gasteiger partial charge in [-0.3, -0.25) is 19.7 Å². The maximum absolute atomic E-state index is 13.3. The fraction of sp³-hybridized carbons (Fsp3) is 0.231. The average molecular weight is 473 g/mol. The Morgan fingerprint density at radius 1 is 1.03 bits per heavy atom. The van der Waals surface area contributed by atoms with Crippen molar-refractivity contribution in [3.8, 4) is 0 Å². The molecule has 9 nitrogen and oxygen atoms in total. The Balaban J connectivity index is 1.50. The Kier molecular flexibility index (Phi) is 5.92. The van der Waals surface area contributed by atoms with Gasteiger partial charge in [-0.15, -0.1) is 0 Å². The average Bonchev–Trinajstić information content (AvgIpc) is 3.20. The molecule has 5 rings (SSSR count). The summed E-state index contributed by atoms with van der Waals surface area (Å²) in [5.74, 6) is -1.50. The topological polar surface area (TPSA) is 101 Å². The maximum Gasteiger partial charge on any atom is 0.335 e. The minimum Gasteiger partial charge on any atom is -0.378 e. The summed E-state index contributed by atoms with van der Waals surface area (Å²) >= 11 is 0. The third kappa shape index (κ3) is 4.33. The number of para-hydroxylation sites is 1. The Hall–Kier alpha value is -4.24. The van der Waals surface area contributed by atoms with Crippen molar-refractivity contribution in [3.05, 3.63) is 71.4 Å². The Morgan fingerprint density at radius 2 is 1.74 bits per heavy atom. The lowest BCUT2D eigenvalue weighted by Crippen LogP contribution is -2.54. The molecule has 2 fully saturated rings. The molecular formula is C26H24N4O5. The molecule has 0 radical (unpaired) electrons. The lowest BCUT2D eigenvalue weighted by molar-refractivity contribution is -0.135. The van der Waals surface area contributed by atoms with Gasteiger partial charge in [-0.25, -0.2) is 9.69 Å². The van der Waals surface area contributed by atoms with E-state index in [9.17, 15) is 19.2 Å². The number of aryl methyl sites for hydroxylation is 1. The monoisotopic (exact) mass is 472 g/mol. The highest BCUT2D eigenvalue weighted by atomic mass is 16.5. The molecule has 1 aromatic heterocycles. The van der Waals surface area contributed by atoms with Crippen LogP contribution in [0.1, 0.15) is 11.1 Å². The van der Waals surface area contributed by atoms with Crippen LogP contribution in [0.4, 0.5) is 10.5 Å². The zero-order valence-corrected chi connectivity index (χ0v) is 19.2. The van der Waals surface area contributed by atoms with Gasteiger partial charge in [-0.1, -0.05) is 35.9 Å². The van der Waals surface area contributed by atoms with Gasteiger partial charge in [0.2, 0.25) is 5.91 Å². The number of urea groups is 1. The summed E-state index contributed by atoms with van der Waals surface area (Å²) in [6, 6.07) is 13.6. The molecule has 2 aromatic carbocycles. The first-order valence-electron chi connectivity index (χ1n) is 11.3. The van der Waals surface area contributed by atoms with Crippen LogP contribution in [0.3, 0.4) is 0 Å². The SMILES string of the molecule is Cc1ccc(N2C(=O)NC(=O)/C(=C\c3cn(CC(=O)N4CCOCC4)c4ccccc34)C2=O)cc1. The Morgan fingerprint density at radius 3 is 2.49 bits per heavy atom. The first-order valence-corrected chi connectivity index (χ1v) is 11.3. The number of nitrogens with one attached hydrogen (secondary N) is 1. The van der Waals surface area contributed by atoms with Gasteiger partial charge in [0.05, 0.1) is 18.9 Å². The smallest absolute Gasteiger partial charge is 0.335 e. The van der Waals surface area contributed by atoms with E-state index in [2.05, 4.69) is 5.32 Å². The standard InChI is InChI=1S/C26H24N4O5/c1-17-6-8-19(9-7-17)30-25(33)21(24(32)27-26(30)34)14-18-15-29(22-5-3-2-4-20(18)22)16-23(31)28-10-12-35-13-11-28/h2-9,14-15H,10-13,16H2,1H3,(H,27,32,34)/b21-14+. The molecule has 2 saturated heterocycles. The van der Waals surface area contributed by atoms with Crippen molar-refractivity contribution in [1.82, 2.24) is 14.8 Å². The van der Waals surface area contributed by atoms with Crippen molar-refractivity contribution >= 4 is 46.4 Å². The van der Waals surface area contributed by atoms with Gasteiger partial charge in [0.15, 0.2) is 0 Å². The number of barbiturate groups is 1.